The Morgan fingerprint density at radius 1 is 1.05 bits per heavy atom. The van der Waals surface area contributed by atoms with E-state index in [1.807, 2.05) is 0 Å². The molecule has 0 unspecified atom stereocenters. The van der Waals surface area contributed by atoms with E-state index < -0.39 is 11.4 Å². The summed E-state index contributed by atoms with van der Waals surface area (Å²) in [6.45, 7) is 0. The maximum atomic E-state index is 13.7. The van der Waals surface area contributed by atoms with Crippen molar-refractivity contribution in [3.05, 3.63) is 59.6 Å². The van der Waals surface area contributed by atoms with Gasteiger partial charge in [-0.1, -0.05) is 29.8 Å². The number of thioether (sulfide) groups is 1. The molecule has 0 aliphatic rings. The molecule has 2 aromatic carbocycles. The number of rotatable bonds is 4. The van der Waals surface area contributed by atoms with Crippen LogP contribution in [0.4, 0.5) is 19.3 Å². The predicted molar refractivity (Wildman–Crippen MR) is 80.9 cm³/mol. The highest BCUT2D eigenvalue weighted by Gasteiger charge is 2.32. The minimum absolute atomic E-state index is 0.261. The van der Waals surface area contributed by atoms with E-state index in [4.69, 9.17) is 11.6 Å². The molecule has 2 N–H and O–H groups in total. The first-order valence-electron chi connectivity index (χ1n) is 5.91. The van der Waals surface area contributed by atoms with Crippen molar-refractivity contribution < 1.29 is 13.6 Å². The second-order valence-corrected chi connectivity index (χ2v) is 5.64. The van der Waals surface area contributed by atoms with Crippen LogP contribution in [0, 0.1) is 0 Å². The van der Waals surface area contributed by atoms with Crippen LogP contribution < -0.4 is 10.6 Å². The molecular weight excluding hydrogens is 318 g/mol. The number of hydrogen-bond acceptors (Lipinski definition) is 2. The Balaban J connectivity index is 1.93. The van der Waals surface area contributed by atoms with Gasteiger partial charge in [0.25, 0.3) is 0 Å². The van der Waals surface area contributed by atoms with Crippen molar-refractivity contribution in [3.8, 4) is 0 Å². The Hall–Kier alpha value is -1.79. The Morgan fingerprint density at radius 2 is 1.67 bits per heavy atom. The summed E-state index contributed by atoms with van der Waals surface area (Å²) in [4.78, 5) is 11.9. The summed E-state index contributed by atoms with van der Waals surface area (Å²) in [5, 5.41) is 0.996. The first-order chi connectivity index (χ1) is 9.94. The number of urea groups is 1. The predicted octanol–water partition coefficient (Wildman–Crippen LogP) is 4.80. The van der Waals surface area contributed by atoms with Gasteiger partial charge in [-0.15, -0.1) is 0 Å². The average Bonchev–Trinajstić information content (AvgIpc) is 2.41. The molecular formula is C14H11ClF2N2OS. The van der Waals surface area contributed by atoms with Crippen LogP contribution in [0.5, 0.6) is 0 Å². The van der Waals surface area contributed by atoms with Crippen molar-refractivity contribution in [1.82, 2.24) is 5.32 Å². The molecule has 7 heteroatoms. The van der Waals surface area contributed by atoms with Crippen molar-refractivity contribution in [2.24, 2.45) is 0 Å². The van der Waals surface area contributed by atoms with Gasteiger partial charge in [0, 0.05) is 15.6 Å². The van der Waals surface area contributed by atoms with Gasteiger partial charge in [-0.3, -0.25) is 5.32 Å². The van der Waals surface area contributed by atoms with Gasteiger partial charge in [0.1, 0.15) is 0 Å². The minimum atomic E-state index is -3.42. The molecule has 0 bridgehead atoms. The van der Waals surface area contributed by atoms with Gasteiger partial charge >= 0.3 is 11.4 Å². The molecule has 2 rings (SSSR count). The highest BCUT2D eigenvalue weighted by atomic mass is 35.5. The molecule has 0 atom stereocenters. The van der Waals surface area contributed by atoms with Crippen LogP contribution >= 0.6 is 23.4 Å². The fourth-order valence-electron chi connectivity index (χ4n) is 1.49. The van der Waals surface area contributed by atoms with Gasteiger partial charge in [0.05, 0.1) is 0 Å². The van der Waals surface area contributed by atoms with Crippen LogP contribution in [0.15, 0.2) is 59.5 Å². The molecule has 0 radical (unpaired) electrons. The topological polar surface area (TPSA) is 41.1 Å². The molecule has 0 aliphatic heterocycles. The molecule has 0 aromatic heterocycles. The monoisotopic (exact) mass is 328 g/mol. The normalized spacial score (nSPS) is 11.0. The third-order valence-electron chi connectivity index (χ3n) is 2.35. The van der Waals surface area contributed by atoms with Crippen molar-refractivity contribution in [2.75, 3.05) is 5.32 Å². The number of amides is 2. The van der Waals surface area contributed by atoms with E-state index in [0.29, 0.717) is 15.6 Å². The van der Waals surface area contributed by atoms with E-state index in [9.17, 15) is 13.6 Å². The number of alkyl halides is 2. The number of halogens is 3. The molecule has 21 heavy (non-hydrogen) atoms. The maximum absolute atomic E-state index is 13.7. The molecule has 0 spiro atoms. The van der Waals surface area contributed by atoms with E-state index in [0.717, 1.165) is 0 Å². The van der Waals surface area contributed by atoms with Crippen molar-refractivity contribution in [1.29, 1.82) is 0 Å². The fraction of sp³-hybridized carbons (Fsp3) is 0.0714. The van der Waals surface area contributed by atoms with Crippen LogP contribution in [0.3, 0.4) is 0 Å². The molecule has 0 heterocycles. The zero-order valence-corrected chi connectivity index (χ0v) is 12.2. The molecule has 110 valence electrons. The summed E-state index contributed by atoms with van der Waals surface area (Å²) in [7, 11) is 0. The average molecular weight is 329 g/mol. The highest BCUT2D eigenvalue weighted by Crippen LogP contribution is 2.33. The van der Waals surface area contributed by atoms with E-state index in [-0.39, 0.29) is 11.8 Å². The number of carbonyl (C=O) groups is 1. The summed E-state index contributed by atoms with van der Waals surface area (Å²) in [6.07, 6.45) is 0. The second-order valence-electron chi connectivity index (χ2n) is 4.02. The van der Waals surface area contributed by atoms with Crippen LogP contribution in [0.2, 0.25) is 5.02 Å². The quantitative estimate of drug-likeness (QED) is 0.480. The van der Waals surface area contributed by atoms with Gasteiger partial charge in [-0.25, -0.2) is 4.79 Å². The van der Waals surface area contributed by atoms with Gasteiger partial charge in [0.15, 0.2) is 0 Å². The van der Waals surface area contributed by atoms with Crippen LogP contribution in [-0.4, -0.2) is 11.4 Å². The van der Waals surface area contributed by atoms with E-state index >= 15 is 0 Å². The summed E-state index contributed by atoms with van der Waals surface area (Å²) in [5.41, 5.74) is 0.373. The summed E-state index contributed by atoms with van der Waals surface area (Å²) in [5.74, 6) is 0. The summed E-state index contributed by atoms with van der Waals surface area (Å²) < 4.78 is 27.4. The van der Waals surface area contributed by atoms with Crippen LogP contribution in [0.25, 0.3) is 0 Å². The molecule has 0 saturated heterocycles. The number of anilines is 1. The SMILES string of the molecule is O=C(Nc1ccc(Cl)cc1)NC(F)(F)Sc1ccccc1. The lowest BCUT2D eigenvalue weighted by molar-refractivity contribution is 0.0796. The zero-order valence-electron chi connectivity index (χ0n) is 10.6. The standard InChI is InChI=1S/C14H11ClF2N2OS/c15-10-6-8-11(9-7-10)18-13(20)19-14(16,17)21-12-4-2-1-3-5-12/h1-9H,(H2,18,19,20). The van der Waals surface area contributed by atoms with Crippen LogP contribution in [-0.2, 0) is 0 Å². The molecule has 0 saturated carbocycles. The second kappa shape index (κ2) is 6.78. The Kier molecular flexibility index (Phi) is 5.03. The first kappa shape index (κ1) is 15.6. The van der Waals surface area contributed by atoms with Crippen molar-refractivity contribution in [3.63, 3.8) is 0 Å². The summed E-state index contributed by atoms with van der Waals surface area (Å²) >= 11 is 5.95. The lowest BCUT2D eigenvalue weighted by atomic mass is 10.3. The largest absolute Gasteiger partial charge is 0.381 e. The van der Waals surface area contributed by atoms with Crippen molar-refractivity contribution >= 4 is 35.1 Å². The van der Waals surface area contributed by atoms with Gasteiger partial charge < -0.3 is 5.32 Å². The number of benzene rings is 2. The van der Waals surface area contributed by atoms with Gasteiger partial charge in [0.2, 0.25) is 0 Å². The number of nitrogens with one attached hydrogen (secondary N) is 2. The summed E-state index contributed by atoms with van der Waals surface area (Å²) in [6, 6.07) is 13.2. The zero-order chi connectivity index (χ0) is 15.3. The third kappa shape index (κ3) is 5.24. The molecule has 0 aliphatic carbocycles. The lowest BCUT2D eigenvalue weighted by Gasteiger charge is -2.17. The molecule has 2 aromatic rings. The van der Waals surface area contributed by atoms with E-state index in [2.05, 4.69) is 5.32 Å². The Labute approximate surface area is 129 Å². The number of hydrogen-bond donors (Lipinski definition) is 2. The molecule has 3 nitrogen and oxygen atoms in total. The first-order valence-corrected chi connectivity index (χ1v) is 7.11. The third-order valence-corrected chi connectivity index (χ3v) is 3.47. The Morgan fingerprint density at radius 3 is 2.29 bits per heavy atom. The smallest absolute Gasteiger partial charge is 0.308 e. The van der Waals surface area contributed by atoms with E-state index in [1.54, 1.807) is 35.6 Å². The minimum Gasteiger partial charge on any atom is -0.308 e. The highest BCUT2D eigenvalue weighted by molar-refractivity contribution is 8.00. The Bertz CT molecular complexity index is 608. The van der Waals surface area contributed by atoms with Gasteiger partial charge in [-0.05, 0) is 48.2 Å². The van der Waals surface area contributed by atoms with E-state index in [1.165, 1.54) is 24.3 Å². The fourth-order valence-corrected chi connectivity index (χ4v) is 2.35. The maximum Gasteiger partial charge on any atom is 0.381 e. The van der Waals surface area contributed by atoms with Crippen LogP contribution in [0.1, 0.15) is 0 Å². The van der Waals surface area contributed by atoms with Crippen molar-refractivity contribution in [2.45, 2.75) is 10.3 Å². The number of carbonyl (C=O) groups excluding carboxylic acids is 1. The molecule has 0 fully saturated rings. The molecule has 2 amide bonds. The van der Waals surface area contributed by atoms with Gasteiger partial charge in [-0.2, -0.15) is 8.78 Å². The lowest BCUT2D eigenvalue weighted by Crippen LogP contribution is -2.41.